The lowest BCUT2D eigenvalue weighted by atomic mass is 10.1. The number of nitrogens with zero attached hydrogens (tertiary/aromatic N) is 2. The normalized spacial score (nSPS) is 10.3. The third-order valence-corrected chi connectivity index (χ3v) is 3.22. The van der Waals surface area contributed by atoms with E-state index in [9.17, 15) is 4.79 Å². The van der Waals surface area contributed by atoms with E-state index < -0.39 is 0 Å². The Morgan fingerprint density at radius 3 is 2.80 bits per heavy atom. The van der Waals surface area contributed by atoms with Crippen LogP contribution in [0.1, 0.15) is 28.4 Å². The molecule has 0 saturated heterocycles. The molecular formula is C19H19N3O3. The second-order valence-electron chi connectivity index (χ2n) is 5.15. The van der Waals surface area contributed by atoms with Crippen LogP contribution >= 0.6 is 0 Å². The van der Waals surface area contributed by atoms with Gasteiger partial charge in [-0.1, -0.05) is 17.7 Å². The van der Waals surface area contributed by atoms with Crippen LogP contribution < -0.4 is 14.9 Å². The molecule has 0 spiro atoms. The summed E-state index contributed by atoms with van der Waals surface area (Å²) in [5.41, 5.74) is 4.78. The van der Waals surface area contributed by atoms with Gasteiger partial charge in [0.25, 0.3) is 5.91 Å². The SMILES string of the molecule is CCOc1cc(C=NNC(=O)c2cccc(C)c2)ccc1OCC#N. The van der Waals surface area contributed by atoms with Gasteiger partial charge in [-0.3, -0.25) is 4.79 Å². The number of rotatable bonds is 7. The first-order valence-corrected chi connectivity index (χ1v) is 7.80. The number of hydrazone groups is 1. The number of amides is 1. The van der Waals surface area contributed by atoms with Crippen molar-refractivity contribution in [3.05, 3.63) is 59.2 Å². The third kappa shape index (κ3) is 5.36. The Balaban J connectivity index is 2.06. The molecular weight excluding hydrogens is 318 g/mol. The number of carbonyl (C=O) groups excluding carboxylic acids is 1. The standard InChI is InChI=1S/C19H19N3O3/c1-3-24-18-12-15(7-8-17(18)25-10-9-20)13-21-22-19(23)16-6-4-5-14(2)11-16/h4-8,11-13H,3,10H2,1-2H3,(H,22,23). The van der Waals surface area contributed by atoms with E-state index in [0.29, 0.717) is 23.7 Å². The van der Waals surface area contributed by atoms with Gasteiger partial charge in [0.15, 0.2) is 18.1 Å². The number of carbonyl (C=O) groups is 1. The van der Waals surface area contributed by atoms with E-state index >= 15 is 0 Å². The van der Waals surface area contributed by atoms with E-state index in [2.05, 4.69) is 10.5 Å². The van der Waals surface area contributed by atoms with Crippen molar-refractivity contribution in [2.45, 2.75) is 13.8 Å². The Morgan fingerprint density at radius 1 is 1.24 bits per heavy atom. The molecule has 0 saturated carbocycles. The lowest BCUT2D eigenvalue weighted by molar-refractivity contribution is 0.0955. The van der Waals surface area contributed by atoms with Gasteiger partial charge >= 0.3 is 0 Å². The van der Waals surface area contributed by atoms with E-state index in [-0.39, 0.29) is 12.5 Å². The van der Waals surface area contributed by atoms with Gasteiger partial charge in [-0.2, -0.15) is 10.4 Å². The Bertz CT molecular complexity index is 810. The molecule has 0 aliphatic carbocycles. The van der Waals surface area contributed by atoms with E-state index in [0.717, 1.165) is 11.1 Å². The summed E-state index contributed by atoms with van der Waals surface area (Å²) in [6, 6.07) is 14.4. The average Bonchev–Trinajstić information content (AvgIpc) is 2.61. The minimum Gasteiger partial charge on any atom is -0.490 e. The maximum atomic E-state index is 12.0. The summed E-state index contributed by atoms with van der Waals surface area (Å²) >= 11 is 0. The van der Waals surface area contributed by atoms with Crippen molar-refractivity contribution in [3.8, 4) is 17.6 Å². The van der Waals surface area contributed by atoms with E-state index in [1.807, 2.05) is 32.0 Å². The fraction of sp³-hybridized carbons (Fsp3) is 0.211. The second-order valence-corrected chi connectivity index (χ2v) is 5.15. The average molecular weight is 337 g/mol. The van der Waals surface area contributed by atoms with Crippen LogP contribution in [0.25, 0.3) is 0 Å². The van der Waals surface area contributed by atoms with E-state index in [4.69, 9.17) is 14.7 Å². The van der Waals surface area contributed by atoms with Gasteiger partial charge in [0.2, 0.25) is 0 Å². The molecule has 0 aliphatic rings. The van der Waals surface area contributed by atoms with Gasteiger partial charge in [-0.25, -0.2) is 5.43 Å². The molecule has 6 nitrogen and oxygen atoms in total. The van der Waals surface area contributed by atoms with Crippen molar-refractivity contribution in [2.24, 2.45) is 5.10 Å². The summed E-state index contributed by atoms with van der Waals surface area (Å²) in [6.45, 7) is 4.19. The first-order chi connectivity index (χ1) is 12.1. The quantitative estimate of drug-likeness (QED) is 0.622. The van der Waals surface area contributed by atoms with Gasteiger partial charge in [0, 0.05) is 5.56 Å². The lowest BCUT2D eigenvalue weighted by Gasteiger charge is -2.10. The molecule has 2 rings (SSSR count). The molecule has 0 unspecified atom stereocenters. The Kier molecular flexibility index (Phi) is 6.55. The van der Waals surface area contributed by atoms with E-state index in [1.54, 1.807) is 30.3 Å². The van der Waals surface area contributed by atoms with Gasteiger partial charge < -0.3 is 9.47 Å². The largest absolute Gasteiger partial charge is 0.490 e. The summed E-state index contributed by atoms with van der Waals surface area (Å²) in [4.78, 5) is 12.0. The van der Waals surface area contributed by atoms with E-state index in [1.165, 1.54) is 6.21 Å². The number of ether oxygens (including phenoxy) is 2. The number of aryl methyl sites for hydroxylation is 1. The van der Waals surface area contributed by atoms with Crippen LogP contribution in [-0.4, -0.2) is 25.3 Å². The van der Waals surface area contributed by atoms with Gasteiger partial charge in [-0.05, 0) is 49.7 Å². The van der Waals surface area contributed by atoms with Crippen LogP contribution in [0, 0.1) is 18.3 Å². The lowest BCUT2D eigenvalue weighted by Crippen LogP contribution is -2.17. The van der Waals surface area contributed by atoms with Crippen LogP contribution in [0.15, 0.2) is 47.6 Å². The first-order valence-electron chi connectivity index (χ1n) is 7.80. The number of nitrogens with one attached hydrogen (secondary N) is 1. The third-order valence-electron chi connectivity index (χ3n) is 3.22. The highest BCUT2D eigenvalue weighted by Gasteiger charge is 2.06. The maximum absolute atomic E-state index is 12.0. The predicted octanol–water partition coefficient (Wildman–Crippen LogP) is 3.06. The highest BCUT2D eigenvalue weighted by Crippen LogP contribution is 2.27. The minimum atomic E-state index is -0.279. The molecule has 0 heterocycles. The van der Waals surface area contributed by atoms with Crippen LogP contribution in [0.2, 0.25) is 0 Å². The maximum Gasteiger partial charge on any atom is 0.271 e. The monoisotopic (exact) mass is 337 g/mol. The number of nitriles is 1. The summed E-state index contributed by atoms with van der Waals surface area (Å²) in [6.07, 6.45) is 1.52. The molecule has 1 amide bonds. The molecule has 0 radical (unpaired) electrons. The zero-order valence-corrected chi connectivity index (χ0v) is 14.2. The summed E-state index contributed by atoms with van der Waals surface area (Å²) in [5, 5.41) is 12.6. The Morgan fingerprint density at radius 2 is 2.08 bits per heavy atom. The van der Waals surface area contributed by atoms with Crippen molar-refractivity contribution in [1.82, 2.24) is 5.43 Å². The van der Waals surface area contributed by atoms with Crippen molar-refractivity contribution >= 4 is 12.1 Å². The van der Waals surface area contributed by atoms with Gasteiger partial charge in [-0.15, -0.1) is 0 Å². The smallest absolute Gasteiger partial charge is 0.271 e. The molecule has 0 aromatic heterocycles. The second kappa shape index (κ2) is 9.08. The van der Waals surface area contributed by atoms with Gasteiger partial charge in [0.1, 0.15) is 6.07 Å². The molecule has 128 valence electrons. The molecule has 6 heteroatoms. The number of hydrogen-bond donors (Lipinski definition) is 1. The fourth-order valence-corrected chi connectivity index (χ4v) is 2.12. The van der Waals surface area contributed by atoms with Crippen molar-refractivity contribution in [2.75, 3.05) is 13.2 Å². The van der Waals surface area contributed by atoms with Gasteiger partial charge in [0.05, 0.1) is 12.8 Å². The van der Waals surface area contributed by atoms with Crippen LogP contribution in [0.5, 0.6) is 11.5 Å². The predicted molar refractivity (Wildman–Crippen MR) is 95.0 cm³/mol. The number of benzene rings is 2. The zero-order chi connectivity index (χ0) is 18.1. The van der Waals surface area contributed by atoms with Crippen molar-refractivity contribution in [3.63, 3.8) is 0 Å². The van der Waals surface area contributed by atoms with Crippen molar-refractivity contribution < 1.29 is 14.3 Å². The Hall–Kier alpha value is -3.33. The molecule has 0 fully saturated rings. The van der Waals surface area contributed by atoms with Crippen LogP contribution in [0.4, 0.5) is 0 Å². The minimum absolute atomic E-state index is 0.0555. The molecule has 0 aliphatic heterocycles. The highest BCUT2D eigenvalue weighted by atomic mass is 16.5. The Labute approximate surface area is 146 Å². The topological polar surface area (TPSA) is 83.7 Å². The number of hydrogen-bond acceptors (Lipinski definition) is 5. The molecule has 2 aromatic rings. The van der Waals surface area contributed by atoms with Crippen LogP contribution in [-0.2, 0) is 0 Å². The highest BCUT2D eigenvalue weighted by molar-refractivity contribution is 5.95. The molecule has 0 atom stereocenters. The first kappa shape index (κ1) is 18.0. The summed E-state index contributed by atoms with van der Waals surface area (Å²) < 4.78 is 10.8. The summed E-state index contributed by atoms with van der Waals surface area (Å²) in [5.74, 6) is 0.731. The summed E-state index contributed by atoms with van der Waals surface area (Å²) in [7, 11) is 0. The molecule has 2 aromatic carbocycles. The zero-order valence-electron chi connectivity index (χ0n) is 14.2. The molecule has 25 heavy (non-hydrogen) atoms. The molecule has 1 N–H and O–H groups in total. The van der Waals surface area contributed by atoms with Crippen LogP contribution in [0.3, 0.4) is 0 Å². The molecule has 0 bridgehead atoms. The fourth-order valence-electron chi connectivity index (χ4n) is 2.12. The van der Waals surface area contributed by atoms with Crippen molar-refractivity contribution in [1.29, 1.82) is 5.26 Å².